The Bertz CT molecular complexity index is 1380. The molecule has 2 fully saturated rings. The van der Waals surface area contributed by atoms with E-state index in [1.807, 2.05) is 6.07 Å². The van der Waals surface area contributed by atoms with Gasteiger partial charge in [0.2, 0.25) is 11.8 Å². The molecule has 1 aliphatic heterocycles. The molecule has 1 aliphatic carbocycles. The van der Waals surface area contributed by atoms with Crippen LogP contribution in [0, 0.1) is 17.1 Å². The second kappa shape index (κ2) is 11.1. The molecule has 202 valence electrons. The molecule has 11 heteroatoms. The summed E-state index contributed by atoms with van der Waals surface area (Å²) < 4.78 is 42.1. The zero-order valence-electron chi connectivity index (χ0n) is 21.1. The summed E-state index contributed by atoms with van der Waals surface area (Å²) in [6.45, 7) is 5.32. The first-order valence-corrected chi connectivity index (χ1v) is 12.3. The average molecular weight is 538 g/mol. The molecule has 1 N–H and O–H groups in total. The molecule has 1 saturated heterocycles. The molecule has 0 spiro atoms. The lowest BCUT2D eigenvalue weighted by atomic mass is 9.87. The highest BCUT2D eigenvalue weighted by molar-refractivity contribution is 6.04. The minimum Gasteiger partial charge on any atom is -0.351 e. The third kappa shape index (κ3) is 5.55. The number of allylic oxidation sites excluding steroid dienone is 2. The van der Waals surface area contributed by atoms with Crippen LogP contribution in [0.5, 0.6) is 0 Å². The van der Waals surface area contributed by atoms with E-state index in [0.717, 1.165) is 15.9 Å². The third-order valence-corrected chi connectivity index (χ3v) is 6.78. The van der Waals surface area contributed by atoms with Crippen molar-refractivity contribution in [3.8, 4) is 6.07 Å². The molecule has 2 atom stereocenters. The molecule has 8 nitrogen and oxygen atoms in total. The fraction of sp³-hybridized carbons (Fsp3) is 0.321. The Balaban J connectivity index is 1.78. The molecule has 1 saturated carbocycles. The van der Waals surface area contributed by atoms with Crippen LogP contribution < -0.4 is 10.2 Å². The molecule has 2 aliphatic rings. The van der Waals surface area contributed by atoms with Crippen molar-refractivity contribution in [3.63, 3.8) is 0 Å². The smallest absolute Gasteiger partial charge is 0.252 e. The maximum atomic E-state index is 15.1. The summed E-state index contributed by atoms with van der Waals surface area (Å²) in [6, 6.07) is 6.58. The summed E-state index contributed by atoms with van der Waals surface area (Å²) in [6.07, 6.45) is 3.08. The van der Waals surface area contributed by atoms with E-state index in [2.05, 4.69) is 16.9 Å². The van der Waals surface area contributed by atoms with E-state index in [-0.39, 0.29) is 35.5 Å². The van der Waals surface area contributed by atoms with Crippen molar-refractivity contribution < 1.29 is 27.6 Å². The van der Waals surface area contributed by atoms with E-state index in [0.29, 0.717) is 0 Å². The lowest BCUT2D eigenvalue weighted by Crippen LogP contribution is -2.55. The second-order valence-corrected chi connectivity index (χ2v) is 9.35. The summed E-state index contributed by atoms with van der Waals surface area (Å²) in [5.74, 6) is -5.60. The van der Waals surface area contributed by atoms with Crippen molar-refractivity contribution in [3.05, 3.63) is 84.0 Å². The SMILES string of the molecule is C=CC(=CC)N(C(=O)C1CCC(=O)N1c1cc(C#N)ccn1)C(C(=O)NC1CC(F)(F)C1)c1ccccc1F. The highest BCUT2D eigenvalue weighted by Gasteiger charge is 2.48. The predicted octanol–water partition coefficient (Wildman–Crippen LogP) is 4.16. The summed E-state index contributed by atoms with van der Waals surface area (Å²) in [7, 11) is 0. The molecule has 3 amide bonds. The first-order valence-electron chi connectivity index (χ1n) is 12.3. The fourth-order valence-corrected chi connectivity index (χ4v) is 4.88. The van der Waals surface area contributed by atoms with Gasteiger partial charge in [0.1, 0.15) is 23.7 Å². The van der Waals surface area contributed by atoms with Gasteiger partial charge in [0.05, 0.1) is 11.6 Å². The molecule has 0 bridgehead atoms. The van der Waals surface area contributed by atoms with E-state index in [1.165, 1.54) is 48.7 Å². The van der Waals surface area contributed by atoms with E-state index in [1.54, 1.807) is 6.92 Å². The highest BCUT2D eigenvalue weighted by atomic mass is 19.3. The zero-order chi connectivity index (χ0) is 28.3. The van der Waals surface area contributed by atoms with Crippen LogP contribution in [-0.4, -0.2) is 45.6 Å². The number of rotatable bonds is 8. The topological polar surface area (TPSA) is 106 Å². The van der Waals surface area contributed by atoms with E-state index in [9.17, 15) is 28.4 Å². The van der Waals surface area contributed by atoms with Gasteiger partial charge in [-0.15, -0.1) is 0 Å². The Labute approximate surface area is 223 Å². The van der Waals surface area contributed by atoms with Crippen LogP contribution in [0.15, 0.2) is 67.0 Å². The van der Waals surface area contributed by atoms with Crippen molar-refractivity contribution in [1.82, 2.24) is 15.2 Å². The number of pyridine rings is 1. The number of carbonyl (C=O) groups excluding carboxylic acids is 3. The molecule has 39 heavy (non-hydrogen) atoms. The predicted molar refractivity (Wildman–Crippen MR) is 136 cm³/mol. The number of nitrogens with zero attached hydrogens (tertiary/aromatic N) is 4. The van der Waals surface area contributed by atoms with Crippen LogP contribution in [0.2, 0.25) is 0 Å². The minimum absolute atomic E-state index is 0.00428. The number of hydrogen-bond acceptors (Lipinski definition) is 5. The first kappa shape index (κ1) is 27.6. The number of aromatic nitrogens is 1. The largest absolute Gasteiger partial charge is 0.351 e. The maximum absolute atomic E-state index is 15.1. The van der Waals surface area contributed by atoms with E-state index in [4.69, 9.17) is 0 Å². The van der Waals surface area contributed by atoms with Gasteiger partial charge in [-0.05, 0) is 37.6 Å². The van der Waals surface area contributed by atoms with E-state index < -0.39 is 60.4 Å². The van der Waals surface area contributed by atoms with Crippen molar-refractivity contribution in [2.75, 3.05) is 4.90 Å². The highest BCUT2D eigenvalue weighted by Crippen LogP contribution is 2.39. The average Bonchev–Trinajstić information content (AvgIpc) is 3.29. The Morgan fingerprint density at radius 3 is 2.64 bits per heavy atom. The molecule has 2 heterocycles. The van der Waals surface area contributed by atoms with Gasteiger partial charge < -0.3 is 5.32 Å². The van der Waals surface area contributed by atoms with Crippen LogP contribution in [0.25, 0.3) is 0 Å². The number of carbonyl (C=O) groups is 3. The minimum atomic E-state index is -2.91. The molecule has 2 aromatic rings. The summed E-state index contributed by atoms with van der Waals surface area (Å²) in [5, 5.41) is 11.8. The summed E-state index contributed by atoms with van der Waals surface area (Å²) in [5.41, 5.74) is 0.223. The quantitative estimate of drug-likeness (QED) is 0.509. The van der Waals surface area contributed by atoms with Crippen LogP contribution in [0.4, 0.5) is 19.0 Å². The molecule has 0 radical (unpaired) electrons. The van der Waals surface area contributed by atoms with Crippen molar-refractivity contribution >= 4 is 23.5 Å². The summed E-state index contributed by atoms with van der Waals surface area (Å²) >= 11 is 0. The third-order valence-electron chi connectivity index (χ3n) is 6.78. The lowest BCUT2D eigenvalue weighted by molar-refractivity contribution is -0.142. The zero-order valence-corrected chi connectivity index (χ0v) is 21.1. The standard InChI is InChI=1S/C28H26F3N5O3/c1-3-19(4-2)35(27(39)22-9-10-24(37)36(22)23-13-17(16-32)11-12-33-23)25(20-7-5-6-8-21(20)29)26(38)34-18-14-28(30,31)15-18/h3-8,11-13,18,22,25H,1,9-10,14-15H2,2H3,(H,34,38). The number of amides is 3. The molecular formula is C28H26F3N5O3. The Kier molecular flexibility index (Phi) is 7.85. The van der Waals surface area contributed by atoms with Gasteiger partial charge in [-0.3, -0.25) is 24.2 Å². The van der Waals surface area contributed by atoms with Crippen molar-refractivity contribution in [2.24, 2.45) is 0 Å². The lowest BCUT2D eigenvalue weighted by Gasteiger charge is -2.39. The van der Waals surface area contributed by atoms with Crippen LogP contribution >= 0.6 is 0 Å². The molecule has 4 rings (SSSR count). The maximum Gasteiger partial charge on any atom is 0.252 e. The van der Waals surface area contributed by atoms with Gasteiger partial charge >= 0.3 is 0 Å². The van der Waals surface area contributed by atoms with Gasteiger partial charge in [0, 0.05) is 42.8 Å². The Morgan fingerprint density at radius 2 is 2.03 bits per heavy atom. The van der Waals surface area contributed by atoms with Gasteiger partial charge in [-0.1, -0.05) is 30.9 Å². The number of halogens is 3. The Morgan fingerprint density at radius 1 is 1.31 bits per heavy atom. The fourth-order valence-electron chi connectivity index (χ4n) is 4.88. The normalized spacial score (nSPS) is 19.6. The number of alkyl halides is 2. The van der Waals surface area contributed by atoms with Crippen LogP contribution in [0.3, 0.4) is 0 Å². The number of nitriles is 1. The number of hydrogen-bond donors (Lipinski definition) is 1. The van der Waals surface area contributed by atoms with Crippen molar-refractivity contribution in [2.45, 2.75) is 56.7 Å². The van der Waals surface area contributed by atoms with Gasteiger partial charge in [0.15, 0.2) is 0 Å². The van der Waals surface area contributed by atoms with Crippen LogP contribution in [-0.2, 0) is 14.4 Å². The first-order chi connectivity index (χ1) is 18.6. The van der Waals surface area contributed by atoms with Gasteiger partial charge in [0.25, 0.3) is 11.8 Å². The van der Waals surface area contributed by atoms with Crippen LogP contribution in [0.1, 0.15) is 49.8 Å². The summed E-state index contributed by atoms with van der Waals surface area (Å²) in [4.78, 5) is 47.1. The molecule has 2 unspecified atom stereocenters. The van der Waals surface area contributed by atoms with Crippen molar-refractivity contribution in [1.29, 1.82) is 5.26 Å². The van der Waals surface area contributed by atoms with Gasteiger partial charge in [-0.2, -0.15) is 5.26 Å². The number of nitrogens with one attached hydrogen (secondary N) is 1. The van der Waals surface area contributed by atoms with Gasteiger partial charge in [-0.25, -0.2) is 18.2 Å². The number of benzene rings is 1. The number of anilines is 1. The van der Waals surface area contributed by atoms with E-state index >= 15 is 4.39 Å². The Hall–Kier alpha value is -4.46. The molecular weight excluding hydrogens is 511 g/mol. The monoisotopic (exact) mass is 537 g/mol. The second-order valence-electron chi connectivity index (χ2n) is 9.35. The molecule has 1 aromatic carbocycles. The molecule has 1 aromatic heterocycles.